The maximum atomic E-state index is 10.9. The van der Waals surface area contributed by atoms with Gasteiger partial charge in [-0.15, -0.1) is 0 Å². The largest absolute Gasteiger partial charge is 0.478 e. The summed E-state index contributed by atoms with van der Waals surface area (Å²) in [6, 6.07) is 7.08. The Bertz CT molecular complexity index is 328. The lowest BCUT2D eigenvalue weighted by molar-refractivity contribution is 0.0695. The highest BCUT2D eigenvalue weighted by atomic mass is 32.2. The summed E-state index contributed by atoms with van der Waals surface area (Å²) in [7, 11) is 0. The van der Waals surface area contributed by atoms with E-state index in [1.165, 1.54) is 0 Å². The Morgan fingerprint density at radius 1 is 1.47 bits per heavy atom. The minimum absolute atomic E-state index is 0.383. The Kier molecular flexibility index (Phi) is 5.21. The van der Waals surface area contributed by atoms with Gasteiger partial charge < -0.3 is 10.4 Å². The van der Waals surface area contributed by atoms with Crippen LogP contribution in [0.25, 0.3) is 0 Å². The Hall–Kier alpha value is -1.00. The molecule has 0 heterocycles. The Labute approximate surface area is 93.9 Å². The van der Waals surface area contributed by atoms with Crippen molar-refractivity contribution < 1.29 is 9.90 Å². The molecule has 0 aromatic heterocycles. The van der Waals surface area contributed by atoms with Crippen LogP contribution in [0.4, 0.5) is 0 Å². The molecule has 4 heteroatoms. The second-order valence-electron chi connectivity index (χ2n) is 3.13. The van der Waals surface area contributed by atoms with E-state index in [9.17, 15) is 4.79 Å². The first kappa shape index (κ1) is 12.1. The van der Waals surface area contributed by atoms with Crippen LogP contribution in [0.5, 0.6) is 0 Å². The van der Waals surface area contributed by atoms with Crippen molar-refractivity contribution in [1.29, 1.82) is 0 Å². The fourth-order valence-corrected chi connectivity index (χ4v) is 1.63. The van der Waals surface area contributed by atoms with E-state index >= 15 is 0 Å². The monoisotopic (exact) mass is 225 g/mol. The molecule has 0 spiro atoms. The van der Waals surface area contributed by atoms with Gasteiger partial charge in [0.1, 0.15) is 0 Å². The Morgan fingerprint density at radius 2 is 2.20 bits per heavy atom. The molecule has 0 aliphatic heterocycles. The normalized spacial score (nSPS) is 10.2. The zero-order valence-electron chi connectivity index (χ0n) is 8.69. The number of carboxylic acid groups (broad SMARTS) is 1. The highest BCUT2D eigenvalue weighted by molar-refractivity contribution is 7.98. The van der Waals surface area contributed by atoms with Crippen molar-refractivity contribution in [1.82, 2.24) is 5.32 Å². The number of rotatable bonds is 6. The molecule has 0 amide bonds. The molecule has 0 atom stereocenters. The van der Waals surface area contributed by atoms with E-state index in [1.807, 2.05) is 18.4 Å². The summed E-state index contributed by atoms with van der Waals surface area (Å²) >= 11 is 1.77. The second kappa shape index (κ2) is 6.48. The van der Waals surface area contributed by atoms with Gasteiger partial charge in [0.05, 0.1) is 5.56 Å². The van der Waals surface area contributed by atoms with Crippen molar-refractivity contribution in [2.24, 2.45) is 0 Å². The molecule has 1 aromatic rings. The highest BCUT2D eigenvalue weighted by Crippen LogP contribution is 2.08. The quantitative estimate of drug-likeness (QED) is 0.725. The molecule has 82 valence electrons. The minimum atomic E-state index is -0.864. The molecule has 15 heavy (non-hydrogen) atoms. The van der Waals surface area contributed by atoms with Crippen molar-refractivity contribution in [3.63, 3.8) is 0 Å². The summed E-state index contributed by atoms with van der Waals surface area (Å²) in [6.45, 7) is 1.51. The summed E-state index contributed by atoms with van der Waals surface area (Å²) in [5.41, 5.74) is 1.22. The van der Waals surface area contributed by atoms with Gasteiger partial charge in [-0.05, 0) is 17.9 Å². The summed E-state index contributed by atoms with van der Waals surface area (Å²) in [6.07, 6.45) is 2.05. The fraction of sp³-hybridized carbons (Fsp3) is 0.364. The van der Waals surface area contributed by atoms with Gasteiger partial charge in [-0.25, -0.2) is 4.79 Å². The van der Waals surface area contributed by atoms with Gasteiger partial charge in [0.15, 0.2) is 0 Å². The molecule has 0 bridgehead atoms. The van der Waals surface area contributed by atoms with Crippen LogP contribution < -0.4 is 5.32 Å². The zero-order chi connectivity index (χ0) is 11.1. The number of hydrogen-bond acceptors (Lipinski definition) is 3. The summed E-state index contributed by atoms with van der Waals surface area (Å²) in [5, 5.41) is 12.2. The van der Waals surface area contributed by atoms with Crippen LogP contribution >= 0.6 is 11.8 Å². The van der Waals surface area contributed by atoms with E-state index in [0.29, 0.717) is 12.1 Å². The zero-order valence-corrected chi connectivity index (χ0v) is 9.51. The first-order valence-corrected chi connectivity index (χ1v) is 6.16. The van der Waals surface area contributed by atoms with Gasteiger partial charge in [-0.3, -0.25) is 0 Å². The molecule has 1 rings (SSSR count). The SMILES string of the molecule is CSCCNCc1ccccc1C(=O)O. The molecule has 3 nitrogen and oxygen atoms in total. The molecular formula is C11H15NO2S. The van der Waals surface area contributed by atoms with E-state index in [1.54, 1.807) is 23.9 Å². The van der Waals surface area contributed by atoms with E-state index in [-0.39, 0.29) is 0 Å². The number of carbonyl (C=O) groups is 1. The minimum Gasteiger partial charge on any atom is -0.478 e. The van der Waals surface area contributed by atoms with Crippen LogP contribution in [-0.4, -0.2) is 29.6 Å². The van der Waals surface area contributed by atoms with E-state index in [2.05, 4.69) is 5.32 Å². The second-order valence-corrected chi connectivity index (χ2v) is 4.12. The molecule has 0 aliphatic rings. The molecule has 0 saturated heterocycles. The van der Waals surface area contributed by atoms with Crippen molar-refractivity contribution >= 4 is 17.7 Å². The van der Waals surface area contributed by atoms with E-state index in [4.69, 9.17) is 5.11 Å². The summed E-state index contributed by atoms with van der Waals surface area (Å²) < 4.78 is 0. The molecule has 2 N–H and O–H groups in total. The van der Waals surface area contributed by atoms with Gasteiger partial charge >= 0.3 is 5.97 Å². The third kappa shape index (κ3) is 3.93. The first-order valence-electron chi connectivity index (χ1n) is 4.76. The third-order valence-electron chi connectivity index (χ3n) is 2.05. The van der Waals surface area contributed by atoms with Crippen LogP contribution in [-0.2, 0) is 6.54 Å². The number of nitrogens with one attached hydrogen (secondary N) is 1. The van der Waals surface area contributed by atoms with Crippen LogP contribution in [0, 0.1) is 0 Å². The first-order chi connectivity index (χ1) is 7.25. The van der Waals surface area contributed by atoms with E-state index in [0.717, 1.165) is 17.9 Å². The van der Waals surface area contributed by atoms with Crippen LogP contribution in [0.2, 0.25) is 0 Å². The van der Waals surface area contributed by atoms with Gasteiger partial charge in [-0.1, -0.05) is 18.2 Å². The smallest absolute Gasteiger partial charge is 0.336 e. The highest BCUT2D eigenvalue weighted by Gasteiger charge is 2.07. The molecule has 0 fully saturated rings. The van der Waals surface area contributed by atoms with E-state index < -0.39 is 5.97 Å². The molecule has 1 aromatic carbocycles. The summed E-state index contributed by atoms with van der Waals surface area (Å²) in [4.78, 5) is 10.9. The fourth-order valence-electron chi connectivity index (χ4n) is 1.28. The van der Waals surface area contributed by atoms with Crippen molar-refractivity contribution in [2.45, 2.75) is 6.54 Å². The molecule has 0 unspecified atom stereocenters. The third-order valence-corrected chi connectivity index (χ3v) is 2.66. The summed E-state index contributed by atoms with van der Waals surface area (Å²) in [5.74, 6) is 0.173. The molecule has 0 aliphatic carbocycles. The average Bonchev–Trinajstić information content (AvgIpc) is 2.25. The number of benzene rings is 1. The lowest BCUT2D eigenvalue weighted by Crippen LogP contribution is -2.18. The standard InChI is InChI=1S/C11H15NO2S/c1-15-7-6-12-8-9-4-2-3-5-10(9)11(13)14/h2-5,12H,6-8H2,1H3,(H,13,14). The lowest BCUT2D eigenvalue weighted by atomic mass is 10.1. The van der Waals surface area contributed by atoms with Crippen LogP contribution in [0.15, 0.2) is 24.3 Å². The number of carboxylic acids is 1. The molecular weight excluding hydrogens is 210 g/mol. The number of thioether (sulfide) groups is 1. The van der Waals surface area contributed by atoms with Crippen molar-refractivity contribution in [3.05, 3.63) is 35.4 Å². The maximum Gasteiger partial charge on any atom is 0.336 e. The van der Waals surface area contributed by atoms with Gasteiger partial charge in [0, 0.05) is 18.8 Å². The van der Waals surface area contributed by atoms with Gasteiger partial charge in [0.2, 0.25) is 0 Å². The van der Waals surface area contributed by atoms with Gasteiger partial charge in [-0.2, -0.15) is 11.8 Å². The van der Waals surface area contributed by atoms with Gasteiger partial charge in [0.25, 0.3) is 0 Å². The predicted molar refractivity (Wildman–Crippen MR) is 63.5 cm³/mol. The Morgan fingerprint density at radius 3 is 2.87 bits per heavy atom. The Balaban J connectivity index is 2.56. The van der Waals surface area contributed by atoms with Crippen LogP contribution in [0.3, 0.4) is 0 Å². The maximum absolute atomic E-state index is 10.9. The van der Waals surface area contributed by atoms with Crippen LogP contribution in [0.1, 0.15) is 15.9 Å². The molecule has 0 radical (unpaired) electrons. The predicted octanol–water partition coefficient (Wildman–Crippen LogP) is 1.84. The number of hydrogen-bond donors (Lipinski definition) is 2. The lowest BCUT2D eigenvalue weighted by Gasteiger charge is -2.06. The van der Waals surface area contributed by atoms with Crippen molar-refractivity contribution in [2.75, 3.05) is 18.6 Å². The topological polar surface area (TPSA) is 49.3 Å². The number of aromatic carboxylic acids is 1. The molecule has 0 saturated carbocycles. The average molecular weight is 225 g/mol. The van der Waals surface area contributed by atoms with Crippen molar-refractivity contribution in [3.8, 4) is 0 Å².